The Bertz CT molecular complexity index is 1400. The third kappa shape index (κ3) is 4.33. The number of nitrogens with zero attached hydrogens (tertiary/aromatic N) is 4. The van der Waals surface area contributed by atoms with Gasteiger partial charge in [-0.05, 0) is 30.5 Å². The van der Waals surface area contributed by atoms with Gasteiger partial charge in [-0.25, -0.2) is 4.98 Å². The number of methoxy groups -OCH3 is 1. The largest absolute Gasteiger partial charge is 0.496 e. The molecule has 34 heavy (non-hydrogen) atoms. The van der Waals surface area contributed by atoms with E-state index >= 15 is 0 Å². The molecule has 0 spiro atoms. The summed E-state index contributed by atoms with van der Waals surface area (Å²) < 4.78 is 23.5. The number of ether oxygens (including phenoxy) is 3. The lowest BCUT2D eigenvalue weighted by atomic mass is 10.1. The second kappa shape index (κ2) is 9.38. The van der Waals surface area contributed by atoms with Crippen LogP contribution in [0.4, 0.5) is 0 Å². The number of thioether (sulfide) groups is 1. The van der Waals surface area contributed by atoms with Crippen LogP contribution in [0.15, 0.2) is 50.9 Å². The van der Waals surface area contributed by atoms with E-state index in [2.05, 4.69) is 24.0 Å². The number of benzene rings is 2. The van der Waals surface area contributed by atoms with Crippen molar-refractivity contribution >= 4 is 22.7 Å². The fourth-order valence-corrected chi connectivity index (χ4v) is 4.53. The summed E-state index contributed by atoms with van der Waals surface area (Å²) in [7, 11) is 1.60. The fraction of sp³-hybridized carbons (Fsp3) is 0.333. The minimum Gasteiger partial charge on any atom is -0.496 e. The van der Waals surface area contributed by atoms with E-state index in [4.69, 9.17) is 23.7 Å². The molecule has 1 aliphatic heterocycles. The molecule has 0 saturated carbocycles. The number of para-hydroxylation sites is 1. The first-order valence-electron chi connectivity index (χ1n) is 11.0. The first kappa shape index (κ1) is 22.3. The predicted octanol–water partition coefficient (Wildman–Crippen LogP) is 4.52. The molecule has 4 aromatic rings. The van der Waals surface area contributed by atoms with Gasteiger partial charge in [0.05, 0.1) is 29.3 Å². The minimum atomic E-state index is -0.105. The summed E-state index contributed by atoms with van der Waals surface area (Å²) in [5.41, 5.74) is 1.21. The van der Waals surface area contributed by atoms with Crippen molar-refractivity contribution in [2.75, 3.05) is 13.9 Å². The summed E-state index contributed by atoms with van der Waals surface area (Å²) in [4.78, 5) is 22.7. The Morgan fingerprint density at radius 3 is 2.74 bits per heavy atom. The van der Waals surface area contributed by atoms with Crippen molar-refractivity contribution in [1.29, 1.82) is 0 Å². The second-order valence-corrected chi connectivity index (χ2v) is 9.20. The van der Waals surface area contributed by atoms with Crippen molar-refractivity contribution < 1.29 is 18.7 Å². The van der Waals surface area contributed by atoms with Gasteiger partial charge in [-0.3, -0.25) is 9.36 Å². The Kier molecular flexibility index (Phi) is 6.14. The summed E-state index contributed by atoms with van der Waals surface area (Å²) in [5, 5.41) is 5.20. The zero-order valence-corrected chi connectivity index (χ0v) is 19.9. The standard InChI is InChI=1S/C24H24N4O5S/c1-14(2)8-9-28-23(29)16-10-19-20(32-13-31-19)11-17(16)25-24(28)34-12-21-26-22(27-33-21)15-6-4-5-7-18(15)30-3/h4-7,10-11,14H,8-9,12-13H2,1-3H3. The third-order valence-corrected chi connectivity index (χ3v) is 6.45. The Morgan fingerprint density at radius 1 is 1.15 bits per heavy atom. The topological polar surface area (TPSA) is 102 Å². The monoisotopic (exact) mass is 480 g/mol. The molecule has 2 aromatic heterocycles. The molecule has 0 N–H and O–H groups in total. The van der Waals surface area contributed by atoms with E-state index in [1.54, 1.807) is 23.8 Å². The van der Waals surface area contributed by atoms with Gasteiger partial charge in [-0.2, -0.15) is 4.98 Å². The van der Waals surface area contributed by atoms with Crippen LogP contribution in [0.3, 0.4) is 0 Å². The van der Waals surface area contributed by atoms with Crippen molar-refractivity contribution in [3.63, 3.8) is 0 Å². The van der Waals surface area contributed by atoms with Crippen LogP contribution in [0.25, 0.3) is 22.3 Å². The second-order valence-electron chi connectivity index (χ2n) is 8.26. The third-order valence-electron chi connectivity index (χ3n) is 5.48. The molecule has 1 aliphatic rings. The molecule has 176 valence electrons. The van der Waals surface area contributed by atoms with Gasteiger partial charge in [0.1, 0.15) is 5.75 Å². The first-order valence-corrected chi connectivity index (χ1v) is 11.9. The lowest BCUT2D eigenvalue weighted by molar-refractivity contribution is 0.174. The zero-order valence-electron chi connectivity index (χ0n) is 19.1. The summed E-state index contributed by atoms with van der Waals surface area (Å²) in [6.07, 6.45) is 0.851. The highest BCUT2D eigenvalue weighted by molar-refractivity contribution is 7.98. The maximum atomic E-state index is 13.4. The maximum Gasteiger partial charge on any atom is 0.262 e. The van der Waals surface area contributed by atoms with Crippen LogP contribution >= 0.6 is 11.8 Å². The number of hydrogen-bond donors (Lipinski definition) is 0. The Hall–Kier alpha value is -3.53. The summed E-state index contributed by atoms with van der Waals surface area (Å²) in [6, 6.07) is 11.0. The first-order chi connectivity index (χ1) is 16.5. The van der Waals surface area contributed by atoms with E-state index in [1.807, 2.05) is 24.3 Å². The highest BCUT2D eigenvalue weighted by Gasteiger charge is 2.20. The molecule has 0 amide bonds. The van der Waals surface area contributed by atoms with Crippen LogP contribution in [0, 0.1) is 5.92 Å². The summed E-state index contributed by atoms with van der Waals surface area (Å²) in [5.74, 6) is 3.51. The molecule has 0 fully saturated rings. The quantitative estimate of drug-likeness (QED) is 0.266. The van der Waals surface area contributed by atoms with Crippen LogP contribution in [-0.4, -0.2) is 33.6 Å². The Labute approximate surface area is 200 Å². The van der Waals surface area contributed by atoms with Crippen molar-refractivity contribution in [2.24, 2.45) is 5.92 Å². The molecule has 0 radical (unpaired) electrons. The van der Waals surface area contributed by atoms with Crippen molar-refractivity contribution in [1.82, 2.24) is 19.7 Å². The predicted molar refractivity (Wildman–Crippen MR) is 127 cm³/mol. The SMILES string of the molecule is COc1ccccc1-c1noc(CSc2nc3cc4c(cc3c(=O)n2CCC(C)C)OCO4)n1. The van der Waals surface area contributed by atoms with Gasteiger partial charge in [0.2, 0.25) is 18.5 Å². The highest BCUT2D eigenvalue weighted by atomic mass is 32.2. The average molecular weight is 481 g/mol. The molecular weight excluding hydrogens is 456 g/mol. The van der Waals surface area contributed by atoms with E-state index in [0.29, 0.717) is 63.2 Å². The normalized spacial score (nSPS) is 12.6. The van der Waals surface area contributed by atoms with Crippen LogP contribution < -0.4 is 19.8 Å². The van der Waals surface area contributed by atoms with Gasteiger partial charge >= 0.3 is 0 Å². The molecule has 5 rings (SSSR count). The molecule has 2 aromatic carbocycles. The molecule has 0 bridgehead atoms. The van der Waals surface area contributed by atoms with Crippen molar-refractivity contribution in [2.45, 2.75) is 37.7 Å². The van der Waals surface area contributed by atoms with Gasteiger partial charge in [0.15, 0.2) is 16.7 Å². The zero-order chi connectivity index (χ0) is 23.7. The molecule has 0 saturated heterocycles. The smallest absolute Gasteiger partial charge is 0.262 e. The molecular formula is C24H24N4O5S. The summed E-state index contributed by atoms with van der Waals surface area (Å²) in [6.45, 7) is 4.96. The number of fused-ring (bicyclic) bond motifs is 2. The Morgan fingerprint density at radius 2 is 1.94 bits per heavy atom. The molecule has 3 heterocycles. The minimum absolute atomic E-state index is 0.105. The van der Waals surface area contributed by atoms with Gasteiger partial charge in [-0.1, -0.05) is 42.9 Å². The number of rotatable bonds is 8. The summed E-state index contributed by atoms with van der Waals surface area (Å²) >= 11 is 1.38. The average Bonchev–Trinajstić information content (AvgIpc) is 3.50. The van der Waals surface area contributed by atoms with Gasteiger partial charge in [0.25, 0.3) is 5.56 Å². The van der Waals surface area contributed by atoms with Crippen LogP contribution in [0.2, 0.25) is 0 Å². The van der Waals surface area contributed by atoms with Gasteiger partial charge < -0.3 is 18.7 Å². The van der Waals surface area contributed by atoms with Gasteiger partial charge in [-0.15, -0.1) is 0 Å². The van der Waals surface area contributed by atoms with E-state index in [0.717, 1.165) is 12.0 Å². The molecule has 0 atom stereocenters. The van der Waals surface area contributed by atoms with Gasteiger partial charge in [0, 0.05) is 12.6 Å². The maximum absolute atomic E-state index is 13.4. The van der Waals surface area contributed by atoms with Crippen LogP contribution in [0.1, 0.15) is 26.2 Å². The molecule has 9 nitrogen and oxygen atoms in total. The molecule has 10 heteroatoms. The van der Waals surface area contributed by atoms with Crippen molar-refractivity contribution in [3.05, 3.63) is 52.6 Å². The highest BCUT2D eigenvalue weighted by Crippen LogP contribution is 2.35. The van der Waals surface area contributed by atoms with E-state index in [1.165, 1.54) is 11.8 Å². The lowest BCUT2D eigenvalue weighted by Crippen LogP contribution is -2.24. The fourth-order valence-electron chi connectivity index (χ4n) is 3.66. The van der Waals surface area contributed by atoms with Crippen molar-refractivity contribution in [3.8, 4) is 28.6 Å². The van der Waals surface area contributed by atoms with E-state index in [-0.39, 0.29) is 12.4 Å². The molecule has 0 aliphatic carbocycles. The lowest BCUT2D eigenvalue weighted by Gasteiger charge is -2.14. The van der Waals surface area contributed by atoms with Crippen LogP contribution in [0.5, 0.6) is 17.2 Å². The molecule has 0 unspecified atom stereocenters. The number of aromatic nitrogens is 4. The Balaban J connectivity index is 1.46. The van der Waals surface area contributed by atoms with E-state index < -0.39 is 0 Å². The van der Waals surface area contributed by atoms with E-state index in [9.17, 15) is 4.79 Å². The van der Waals surface area contributed by atoms with Crippen LogP contribution in [-0.2, 0) is 12.3 Å². The number of hydrogen-bond acceptors (Lipinski definition) is 9.